The molecule has 8 nitrogen and oxygen atoms in total. The number of carbonyl (C=O) groups is 1. The van der Waals surface area contributed by atoms with Gasteiger partial charge in [0.05, 0.1) is 18.9 Å². The second-order valence-corrected chi connectivity index (χ2v) is 9.39. The molecule has 0 aromatic carbocycles. The third kappa shape index (κ3) is 3.98. The topological polar surface area (TPSA) is 80.0 Å². The summed E-state index contributed by atoms with van der Waals surface area (Å²) >= 11 is 1.59. The number of halogens is 2. The van der Waals surface area contributed by atoms with Crippen LogP contribution in [0.2, 0.25) is 0 Å². The van der Waals surface area contributed by atoms with Gasteiger partial charge in [0.15, 0.2) is 5.65 Å². The van der Waals surface area contributed by atoms with Gasteiger partial charge in [0.2, 0.25) is 5.91 Å². The van der Waals surface area contributed by atoms with Crippen molar-refractivity contribution in [2.24, 2.45) is 5.41 Å². The lowest BCUT2D eigenvalue weighted by molar-refractivity contribution is -0.128. The predicted octanol–water partition coefficient (Wildman–Crippen LogP) is 2.88. The number of fused-ring (bicyclic) bond motifs is 1. The molecule has 0 bridgehead atoms. The van der Waals surface area contributed by atoms with Gasteiger partial charge in [-0.3, -0.25) is 4.79 Å². The van der Waals surface area contributed by atoms with Crippen molar-refractivity contribution in [3.8, 4) is 0 Å². The molecule has 0 atom stereocenters. The Hall–Kier alpha value is -2.69. The number of aromatic nitrogens is 5. The lowest BCUT2D eigenvalue weighted by Crippen LogP contribution is -2.42. The Morgan fingerprint density at radius 2 is 2.03 bits per heavy atom. The lowest BCUT2D eigenvalue weighted by Gasteiger charge is -2.39. The highest BCUT2D eigenvalue weighted by atomic mass is 32.1. The second-order valence-electron chi connectivity index (χ2n) is 8.45. The molecule has 2 fully saturated rings. The van der Waals surface area contributed by atoms with Crippen LogP contribution in [0.3, 0.4) is 0 Å². The first kappa shape index (κ1) is 20.2. The van der Waals surface area contributed by atoms with Crippen LogP contribution in [-0.4, -0.2) is 61.6 Å². The highest BCUT2D eigenvalue weighted by Crippen LogP contribution is 2.42. The molecule has 11 heteroatoms. The van der Waals surface area contributed by atoms with Crippen LogP contribution in [0.15, 0.2) is 17.8 Å². The number of amides is 1. The van der Waals surface area contributed by atoms with E-state index in [9.17, 15) is 13.6 Å². The maximum Gasteiger partial charge on any atom is 0.258 e. The molecule has 0 radical (unpaired) electrons. The van der Waals surface area contributed by atoms with Crippen molar-refractivity contribution in [3.63, 3.8) is 0 Å². The lowest BCUT2D eigenvalue weighted by atomic mass is 9.77. The summed E-state index contributed by atoms with van der Waals surface area (Å²) in [5.41, 5.74) is 1.85. The number of rotatable bonds is 5. The van der Waals surface area contributed by atoms with E-state index in [0.29, 0.717) is 29.9 Å². The van der Waals surface area contributed by atoms with Gasteiger partial charge in [-0.15, -0.1) is 11.3 Å². The van der Waals surface area contributed by atoms with Crippen LogP contribution >= 0.6 is 11.3 Å². The molecule has 0 unspecified atom stereocenters. The Balaban J connectivity index is 1.26. The van der Waals surface area contributed by atoms with Crippen molar-refractivity contribution >= 4 is 34.2 Å². The van der Waals surface area contributed by atoms with Crippen molar-refractivity contribution in [1.82, 2.24) is 29.6 Å². The first-order valence-corrected chi connectivity index (χ1v) is 11.2. The maximum absolute atomic E-state index is 12.8. The summed E-state index contributed by atoms with van der Waals surface area (Å²) in [5.74, 6) is 0.858. The van der Waals surface area contributed by atoms with Gasteiger partial charge < -0.3 is 9.80 Å². The zero-order valence-corrected chi connectivity index (χ0v) is 18.0. The number of nitrogens with zero attached hydrogens (tertiary/aromatic N) is 7. The zero-order valence-electron chi connectivity index (χ0n) is 17.2. The third-order valence-corrected chi connectivity index (χ3v) is 7.14. The average molecular weight is 448 g/mol. The second kappa shape index (κ2) is 7.77. The molecule has 3 aromatic heterocycles. The number of alkyl halides is 2. The van der Waals surface area contributed by atoms with Crippen LogP contribution in [0.5, 0.6) is 0 Å². The minimum Gasteiger partial charge on any atom is -0.355 e. The monoisotopic (exact) mass is 447 g/mol. The van der Waals surface area contributed by atoms with E-state index in [1.54, 1.807) is 17.5 Å². The molecule has 2 aliphatic heterocycles. The third-order valence-electron chi connectivity index (χ3n) is 6.19. The summed E-state index contributed by atoms with van der Waals surface area (Å²) in [6.07, 6.45) is 2.95. The van der Waals surface area contributed by atoms with Gasteiger partial charge in [0, 0.05) is 42.5 Å². The zero-order chi connectivity index (χ0) is 21.6. The molecule has 0 aliphatic carbocycles. The number of hydrogen-bond acceptors (Lipinski definition) is 7. The fourth-order valence-corrected chi connectivity index (χ4v) is 5.35. The normalized spacial score (nSPS) is 18.8. The highest BCUT2D eigenvalue weighted by Gasteiger charge is 2.45. The molecule has 2 aliphatic rings. The van der Waals surface area contributed by atoms with Crippen molar-refractivity contribution in [3.05, 3.63) is 28.5 Å². The molecule has 1 spiro atoms. The number of thiazole rings is 1. The molecule has 3 aromatic rings. The average Bonchev–Trinajstić information content (AvgIpc) is 3.41. The van der Waals surface area contributed by atoms with Crippen molar-refractivity contribution in [1.29, 1.82) is 0 Å². The Bertz CT molecular complexity index is 1110. The first-order valence-electron chi connectivity index (χ1n) is 10.3. The number of aryl methyl sites for hydroxylation is 1. The van der Waals surface area contributed by atoms with Gasteiger partial charge in [0.25, 0.3) is 6.43 Å². The van der Waals surface area contributed by atoms with Crippen molar-refractivity contribution in [2.45, 2.75) is 45.7 Å². The fraction of sp³-hybridized carbons (Fsp3) is 0.550. The minimum absolute atomic E-state index is 0.0190. The summed E-state index contributed by atoms with van der Waals surface area (Å²) in [7, 11) is 0. The summed E-state index contributed by atoms with van der Waals surface area (Å²) < 4.78 is 26.8. The van der Waals surface area contributed by atoms with Crippen LogP contribution in [0, 0.1) is 12.3 Å². The van der Waals surface area contributed by atoms with E-state index in [4.69, 9.17) is 0 Å². The molecular formula is C20H23F2N7OS. The van der Waals surface area contributed by atoms with Crippen LogP contribution in [-0.2, 0) is 17.9 Å². The maximum atomic E-state index is 12.8. The van der Waals surface area contributed by atoms with Crippen LogP contribution in [0.1, 0.15) is 30.0 Å². The molecule has 5 rings (SSSR count). The number of likely N-dealkylation sites (tertiary alicyclic amines) is 1. The number of carbonyl (C=O) groups excluding carboxylic acids is 1. The molecular weight excluding hydrogens is 424 g/mol. The van der Waals surface area contributed by atoms with Crippen molar-refractivity contribution in [2.75, 3.05) is 24.5 Å². The Labute approximate surface area is 181 Å². The first-order chi connectivity index (χ1) is 14.9. The van der Waals surface area contributed by atoms with Crippen LogP contribution in [0.25, 0.3) is 11.2 Å². The number of piperidine rings is 1. The summed E-state index contributed by atoms with van der Waals surface area (Å²) in [4.78, 5) is 30.1. The molecule has 2 saturated heterocycles. The molecule has 0 N–H and O–H groups in total. The summed E-state index contributed by atoms with van der Waals surface area (Å²) in [5, 5.41) is 6.96. The highest BCUT2D eigenvalue weighted by molar-refractivity contribution is 7.09. The summed E-state index contributed by atoms with van der Waals surface area (Å²) in [6.45, 7) is 4.30. The molecule has 31 heavy (non-hydrogen) atoms. The Morgan fingerprint density at radius 3 is 2.74 bits per heavy atom. The quantitative estimate of drug-likeness (QED) is 0.598. The predicted molar refractivity (Wildman–Crippen MR) is 112 cm³/mol. The Kier molecular flexibility index (Phi) is 5.07. The fourth-order valence-electron chi connectivity index (χ4n) is 4.57. The van der Waals surface area contributed by atoms with Gasteiger partial charge in [-0.25, -0.2) is 28.4 Å². The molecule has 164 valence electrons. The largest absolute Gasteiger partial charge is 0.355 e. The SMILES string of the molecule is Cc1csc(CN2CC3(CCN(c4cnc5cnn(CC(F)F)c5n4)CC3)CC2=O)n1. The van der Waals surface area contributed by atoms with E-state index in [2.05, 4.69) is 25.0 Å². The van der Waals surface area contributed by atoms with Gasteiger partial charge in [0.1, 0.15) is 22.9 Å². The smallest absolute Gasteiger partial charge is 0.258 e. The van der Waals surface area contributed by atoms with Gasteiger partial charge in [-0.1, -0.05) is 0 Å². The molecule has 0 saturated carbocycles. The van der Waals surface area contributed by atoms with E-state index in [-0.39, 0.29) is 11.3 Å². The van der Waals surface area contributed by atoms with Gasteiger partial charge in [-0.2, -0.15) is 5.10 Å². The minimum atomic E-state index is -2.50. The molecule has 5 heterocycles. The van der Waals surface area contributed by atoms with E-state index < -0.39 is 13.0 Å². The van der Waals surface area contributed by atoms with Gasteiger partial charge >= 0.3 is 0 Å². The Morgan fingerprint density at radius 1 is 1.23 bits per heavy atom. The van der Waals surface area contributed by atoms with Crippen LogP contribution in [0.4, 0.5) is 14.6 Å². The molecule has 1 amide bonds. The van der Waals surface area contributed by atoms with E-state index in [1.807, 2.05) is 17.2 Å². The standard InChI is InChI=1S/C20H23F2N7OS/c1-13-11-31-17(25-13)10-28-12-20(6-18(28)30)2-4-27(5-3-20)16-8-23-14-7-24-29(9-15(21)22)19(14)26-16/h7-8,11,15H,2-6,9-10,12H2,1H3. The van der Waals surface area contributed by atoms with Crippen LogP contribution < -0.4 is 4.90 Å². The van der Waals surface area contributed by atoms with E-state index in [1.165, 1.54) is 10.9 Å². The van der Waals surface area contributed by atoms with Crippen molar-refractivity contribution < 1.29 is 13.6 Å². The number of anilines is 1. The van der Waals surface area contributed by atoms with Gasteiger partial charge in [-0.05, 0) is 19.8 Å². The number of hydrogen-bond donors (Lipinski definition) is 0. The summed E-state index contributed by atoms with van der Waals surface area (Å²) in [6, 6.07) is 0. The van der Waals surface area contributed by atoms with E-state index in [0.717, 1.165) is 43.2 Å². The van der Waals surface area contributed by atoms with E-state index >= 15 is 0 Å².